The zero-order chi connectivity index (χ0) is 15.0. The molecule has 1 aromatic carbocycles. The van der Waals surface area contributed by atoms with Crippen molar-refractivity contribution in [1.82, 2.24) is 4.98 Å². The van der Waals surface area contributed by atoms with E-state index in [-0.39, 0.29) is 16.0 Å². The third kappa shape index (κ3) is 2.44. The number of rotatable bonds is 3. The van der Waals surface area contributed by atoms with Crippen molar-refractivity contribution >= 4 is 22.1 Å². The van der Waals surface area contributed by atoms with E-state index in [1.807, 2.05) is 0 Å². The van der Waals surface area contributed by atoms with Gasteiger partial charge < -0.3 is 5.32 Å². The van der Waals surface area contributed by atoms with Gasteiger partial charge in [-0.3, -0.25) is 15.1 Å². The summed E-state index contributed by atoms with van der Waals surface area (Å²) in [6, 6.07) is 5.48. The van der Waals surface area contributed by atoms with E-state index in [4.69, 9.17) is 0 Å². The number of pyridine rings is 1. The summed E-state index contributed by atoms with van der Waals surface area (Å²) < 4.78 is 0. The highest BCUT2D eigenvalue weighted by Crippen LogP contribution is 2.40. The maximum atomic E-state index is 11.1. The molecule has 1 heterocycles. The molecule has 3 rings (SSSR count). The molecule has 110 valence electrons. The maximum absolute atomic E-state index is 11.1. The van der Waals surface area contributed by atoms with Crippen molar-refractivity contribution in [3.8, 4) is 0 Å². The van der Waals surface area contributed by atoms with Gasteiger partial charge in [-0.25, -0.2) is 0 Å². The Kier molecular flexibility index (Phi) is 3.27. The van der Waals surface area contributed by atoms with Crippen molar-refractivity contribution in [1.29, 1.82) is 0 Å². The summed E-state index contributed by atoms with van der Waals surface area (Å²) in [6.45, 7) is 4.53. The Labute approximate surface area is 123 Å². The summed E-state index contributed by atoms with van der Waals surface area (Å²) in [5, 5.41) is 16.2. The van der Waals surface area contributed by atoms with Crippen molar-refractivity contribution in [2.75, 3.05) is 5.32 Å². The summed E-state index contributed by atoms with van der Waals surface area (Å²) in [5.74, 6) is 0. The lowest BCUT2D eigenvalue weighted by Crippen LogP contribution is -2.30. The van der Waals surface area contributed by atoms with Crippen molar-refractivity contribution in [3.63, 3.8) is 0 Å². The molecule has 5 nitrogen and oxygen atoms in total. The number of hydrogen-bond acceptors (Lipinski definition) is 4. The maximum Gasteiger partial charge on any atom is 0.277 e. The molecule has 1 unspecified atom stereocenters. The van der Waals surface area contributed by atoms with Crippen LogP contribution in [0.25, 0.3) is 10.8 Å². The van der Waals surface area contributed by atoms with E-state index in [9.17, 15) is 10.1 Å². The highest BCUT2D eigenvalue weighted by atomic mass is 16.6. The fraction of sp³-hybridized carbons (Fsp3) is 0.438. The number of aromatic nitrogens is 1. The van der Waals surface area contributed by atoms with Crippen LogP contribution < -0.4 is 5.32 Å². The van der Waals surface area contributed by atoms with Crippen molar-refractivity contribution in [3.05, 3.63) is 40.7 Å². The number of nitro groups is 1. The summed E-state index contributed by atoms with van der Waals surface area (Å²) in [4.78, 5) is 14.9. The summed E-state index contributed by atoms with van der Waals surface area (Å²) in [7, 11) is 0. The van der Waals surface area contributed by atoms with E-state index in [2.05, 4.69) is 24.1 Å². The second-order valence-electron chi connectivity index (χ2n) is 6.39. The normalized spacial score (nSPS) is 20.6. The largest absolute Gasteiger partial charge is 0.381 e. The molecule has 1 N–H and O–H groups in total. The molecule has 0 saturated heterocycles. The van der Waals surface area contributed by atoms with E-state index >= 15 is 0 Å². The van der Waals surface area contributed by atoms with Gasteiger partial charge >= 0.3 is 0 Å². The lowest BCUT2D eigenvalue weighted by atomic mass is 9.87. The first-order chi connectivity index (χ1) is 9.99. The van der Waals surface area contributed by atoms with E-state index in [0.29, 0.717) is 11.4 Å². The molecule has 1 fully saturated rings. The van der Waals surface area contributed by atoms with Gasteiger partial charge in [0.15, 0.2) is 0 Å². The van der Waals surface area contributed by atoms with Crippen LogP contribution >= 0.6 is 0 Å². The Morgan fingerprint density at radius 2 is 2.14 bits per heavy atom. The average Bonchev–Trinajstić information content (AvgIpc) is 2.78. The molecule has 0 aliphatic heterocycles. The van der Waals surface area contributed by atoms with Gasteiger partial charge in [0.05, 0.1) is 10.3 Å². The van der Waals surface area contributed by atoms with Crippen LogP contribution in [0, 0.1) is 15.5 Å². The number of non-ortho nitro benzene ring substituents is 1. The minimum Gasteiger partial charge on any atom is -0.381 e. The SMILES string of the molecule is CC1(C)CCCC1Nc1ccc([N+](=O)[O-])c2ccncc12. The molecule has 0 amide bonds. The van der Waals surface area contributed by atoms with Gasteiger partial charge in [0.25, 0.3) is 5.69 Å². The predicted octanol–water partition coefficient (Wildman–Crippen LogP) is 4.13. The monoisotopic (exact) mass is 285 g/mol. The van der Waals surface area contributed by atoms with E-state index in [1.54, 1.807) is 30.6 Å². The third-order valence-corrected chi connectivity index (χ3v) is 4.58. The van der Waals surface area contributed by atoms with Crippen LogP contribution in [-0.4, -0.2) is 15.9 Å². The first-order valence-electron chi connectivity index (χ1n) is 7.27. The molecule has 1 saturated carbocycles. The number of nitrogens with one attached hydrogen (secondary N) is 1. The van der Waals surface area contributed by atoms with Gasteiger partial charge in [-0.2, -0.15) is 0 Å². The van der Waals surface area contributed by atoms with Crippen LogP contribution in [0.4, 0.5) is 11.4 Å². The average molecular weight is 285 g/mol. The molecule has 1 atom stereocenters. The Hall–Kier alpha value is -2.17. The second-order valence-corrected chi connectivity index (χ2v) is 6.39. The highest BCUT2D eigenvalue weighted by molar-refractivity contribution is 5.99. The minimum atomic E-state index is -0.342. The Balaban J connectivity index is 2.04. The number of nitrogens with zero attached hydrogens (tertiary/aromatic N) is 2. The first kappa shape index (κ1) is 13.8. The molecule has 1 aromatic heterocycles. The Morgan fingerprint density at radius 3 is 2.81 bits per heavy atom. The van der Waals surface area contributed by atoms with Crippen LogP contribution in [-0.2, 0) is 0 Å². The first-order valence-corrected chi connectivity index (χ1v) is 7.27. The molecule has 0 bridgehead atoms. The van der Waals surface area contributed by atoms with Crippen LogP contribution in [0.5, 0.6) is 0 Å². The molecule has 0 spiro atoms. The predicted molar refractivity (Wildman–Crippen MR) is 83.4 cm³/mol. The molecule has 1 aliphatic carbocycles. The van der Waals surface area contributed by atoms with Gasteiger partial charge in [0.2, 0.25) is 0 Å². The fourth-order valence-electron chi connectivity index (χ4n) is 3.24. The van der Waals surface area contributed by atoms with Crippen LogP contribution in [0.2, 0.25) is 0 Å². The zero-order valence-electron chi connectivity index (χ0n) is 12.3. The number of benzene rings is 1. The van der Waals surface area contributed by atoms with Crippen molar-refractivity contribution in [2.24, 2.45) is 5.41 Å². The Bertz CT molecular complexity index is 697. The standard InChI is InChI=1S/C16H19N3O2/c1-16(2)8-3-4-15(16)18-13-5-6-14(19(20)21)11-7-9-17-10-12(11)13/h5-7,9-10,15,18H,3-4,8H2,1-2H3. The van der Waals surface area contributed by atoms with Gasteiger partial charge in [-0.15, -0.1) is 0 Å². The molecule has 1 aliphatic rings. The smallest absolute Gasteiger partial charge is 0.277 e. The number of nitro benzene ring substituents is 1. The van der Waals surface area contributed by atoms with E-state index < -0.39 is 0 Å². The van der Waals surface area contributed by atoms with Gasteiger partial charge in [-0.05, 0) is 30.4 Å². The number of fused-ring (bicyclic) bond motifs is 1. The van der Waals surface area contributed by atoms with E-state index in [0.717, 1.165) is 17.5 Å². The minimum absolute atomic E-state index is 0.128. The van der Waals surface area contributed by atoms with Gasteiger partial charge in [0, 0.05) is 35.6 Å². The van der Waals surface area contributed by atoms with Crippen molar-refractivity contribution < 1.29 is 4.92 Å². The lowest BCUT2D eigenvalue weighted by Gasteiger charge is -2.29. The zero-order valence-corrected chi connectivity index (χ0v) is 12.3. The second kappa shape index (κ2) is 4.98. The van der Waals surface area contributed by atoms with Crippen LogP contribution in [0.1, 0.15) is 33.1 Å². The quantitative estimate of drug-likeness (QED) is 0.680. The molecular weight excluding hydrogens is 266 g/mol. The fourth-order valence-corrected chi connectivity index (χ4v) is 3.24. The van der Waals surface area contributed by atoms with Gasteiger partial charge in [0.1, 0.15) is 0 Å². The molecule has 5 heteroatoms. The summed E-state index contributed by atoms with van der Waals surface area (Å²) in [5.41, 5.74) is 1.31. The van der Waals surface area contributed by atoms with E-state index in [1.165, 1.54) is 12.8 Å². The number of hydrogen-bond donors (Lipinski definition) is 1. The summed E-state index contributed by atoms with van der Waals surface area (Å²) in [6.07, 6.45) is 6.85. The Morgan fingerprint density at radius 1 is 1.33 bits per heavy atom. The lowest BCUT2D eigenvalue weighted by molar-refractivity contribution is -0.383. The molecular formula is C16H19N3O2. The highest BCUT2D eigenvalue weighted by Gasteiger charge is 2.34. The van der Waals surface area contributed by atoms with Crippen LogP contribution in [0.15, 0.2) is 30.6 Å². The van der Waals surface area contributed by atoms with Crippen LogP contribution in [0.3, 0.4) is 0 Å². The molecule has 2 aromatic rings. The number of anilines is 1. The topological polar surface area (TPSA) is 68.1 Å². The van der Waals surface area contributed by atoms with Gasteiger partial charge in [-0.1, -0.05) is 20.3 Å². The third-order valence-electron chi connectivity index (χ3n) is 4.58. The summed E-state index contributed by atoms with van der Waals surface area (Å²) >= 11 is 0. The van der Waals surface area contributed by atoms with Crippen molar-refractivity contribution in [2.45, 2.75) is 39.2 Å². The molecule has 0 radical (unpaired) electrons. The molecule has 21 heavy (non-hydrogen) atoms.